The Morgan fingerprint density at radius 2 is 2.00 bits per heavy atom. The maximum atomic E-state index is 10.2. The zero-order valence-electron chi connectivity index (χ0n) is 7.70. The lowest BCUT2D eigenvalue weighted by Crippen LogP contribution is -2.16. The van der Waals surface area contributed by atoms with Crippen LogP contribution in [0.1, 0.15) is 39.0 Å². The second-order valence-electron chi connectivity index (χ2n) is 3.58. The summed E-state index contributed by atoms with van der Waals surface area (Å²) in [5.74, 6) is 0.805. The molecular weight excluding hydrogens is 150 g/mol. The minimum Gasteiger partial charge on any atom is -0.151 e. The number of nitrogens with zero attached hydrogens (tertiary/aromatic N) is 1. The van der Waals surface area contributed by atoms with Gasteiger partial charge in [0.1, 0.15) is 0 Å². The van der Waals surface area contributed by atoms with Gasteiger partial charge in [-0.1, -0.05) is 17.3 Å². The molecule has 1 aliphatic rings. The lowest BCUT2D eigenvalue weighted by atomic mass is 9.84. The first-order valence-electron chi connectivity index (χ1n) is 4.80. The van der Waals surface area contributed by atoms with Gasteiger partial charge in [0, 0.05) is 0 Å². The number of allylic oxidation sites excluding steroid dienone is 2. The lowest BCUT2D eigenvalue weighted by molar-refractivity contribution is 0.329. The highest BCUT2D eigenvalue weighted by Crippen LogP contribution is 2.28. The van der Waals surface area contributed by atoms with Crippen LogP contribution in [0.4, 0.5) is 0 Å². The van der Waals surface area contributed by atoms with Gasteiger partial charge in [-0.2, -0.15) is 4.91 Å². The fourth-order valence-corrected chi connectivity index (χ4v) is 1.81. The van der Waals surface area contributed by atoms with Crippen molar-refractivity contribution < 1.29 is 0 Å². The molecule has 0 aromatic rings. The van der Waals surface area contributed by atoms with Crippen molar-refractivity contribution in [2.45, 2.75) is 45.1 Å². The van der Waals surface area contributed by atoms with Crippen LogP contribution < -0.4 is 0 Å². The van der Waals surface area contributed by atoms with Crippen LogP contribution in [0.25, 0.3) is 0 Å². The van der Waals surface area contributed by atoms with Gasteiger partial charge in [-0.15, -0.1) is 0 Å². The van der Waals surface area contributed by atoms with E-state index >= 15 is 0 Å². The summed E-state index contributed by atoms with van der Waals surface area (Å²) < 4.78 is 0. The summed E-state index contributed by atoms with van der Waals surface area (Å²) in [5.41, 5.74) is 0. The van der Waals surface area contributed by atoms with Crippen LogP contribution in [0.15, 0.2) is 17.3 Å². The van der Waals surface area contributed by atoms with E-state index in [0.717, 1.165) is 18.8 Å². The Kier molecular flexibility index (Phi) is 3.98. The molecule has 2 nitrogen and oxygen atoms in total. The number of hydrogen-bond acceptors (Lipinski definition) is 2. The third-order valence-corrected chi connectivity index (χ3v) is 2.67. The summed E-state index contributed by atoms with van der Waals surface area (Å²) in [7, 11) is 0. The molecule has 1 aliphatic carbocycles. The molecule has 1 fully saturated rings. The molecule has 0 amide bonds. The average molecular weight is 167 g/mol. The van der Waals surface area contributed by atoms with E-state index in [1.807, 2.05) is 0 Å². The number of hydrogen-bond donors (Lipinski definition) is 0. The molecule has 1 saturated carbocycles. The third kappa shape index (κ3) is 2.76. The fourth-order valence-electron chi connectivity index (χ4n) is 1.81. The van der Waals surface area contributed by atoms with Gasteiger partial charge in [-0.25, -0.2) is 0 Å². The highest BCUT2D eigenvalue weighted by atomic mass is 16.3. The van der Waals surface area contributed by atoms with Crippen LogP contribution in [-0.2, 0) is 0 Å². The first kappa shape index (κ1) is 9.43. The summed E-state index contributed by atoms with van der Waals surface area (Å²) >= 11 is 0. The van der Waals surface area contributed by atoms with E-state index in [1.54, 1.807) is 0 Å². The van der Waals surface area contributed by atoms with Gasteiger partial charge in [0.15, 0.2) is 0 Å². The summed E-state index contributed by atoms with van der Waals surface area (Å²) in [6.45, 7) is 2.05. The van der Waals surface area contributed by atoms with Crippen molar-refractivity contribution >= 4 is 0 Å². The normalized spacial score (nSPS) is 30.8. The topological polar surface area (TPSA) is 29.4 Å². The smallest absolute Gasteiger partial charge is 0.0920 e. The van der Waals surface area contributed by atoms with E-state index in [9.17, 15) is 4.91 Å². The molecule has 0 atom stereocenters. The van der Waals surface area contributed by atoms with Gasteiger partial charge < -0.3 is 0 Å². The summed E-state index contributed by atoms with van der Waals surface area (Å²) in [5, 5.41) is 3.09. The molecule has 0 radical (unpaired) electrons. The van der Waals surface area contributed by atoms with E-state index in [2.05, 4.69) is 24.3 Å². The minimum atomic E-state index is 0.117. The van der Waals surface area contributed by atoms with Crippen molar-refractivity contribution in [3.8, 4) is 0 Å². The number of rotatable bonds is 3. The predicted molar refractivity (Wildman–Crippen MR) is 51.0 cm³/mol. The quantitative estimate of drug-likeness (QED) is 0.468. The maximum Gasteiger partial charge on any atom is 0.0920 e. The molecule has 68 valence electrons. The second kappa shape index (κ2) is 5.07. The van der Waals surface area contributed by atoms with Crippen molar-refractivity contribution in [1.29, 1.82) is 0 Å². The zero-order chi connectivity index (χ0) is 8.81. The molecule has 0 unspecified atom stereocenters. The van der Waals surface area contributed by atoms with Crippen LogP contribution >= 0.6 is 0 Å². The van der Waals surface area contributed by atoms with Crippen molar-refractivity contribution in [1.82, 2.24) is 0 Å². The molecule has 0 aliphatic heterocycles. The fraction of sp³-hybridized carbons (Fsp3) is 0.800. The van der Waals surface area contributed by atoms with Crippen molar-refractivity contribution in [3.63, 3.8) is 0 Å². The standard InChI is InChI=1S/C10H17NO/c1-2-3-4-9-5-7-10(11-12)8-6-9/h2-3,9-10H,4-8H2,1H3. The molecule has 0 heterocycles. The van der Waals surface area contributed by atoms with Crippen molar-refractivity contribution in [2.24, 2.45) is 11.1 Å². The molecule has 12 heavy (non-hydrogen) atoms. The van der Waals surface area contributed by atoms with Crippen molar-refractivity contribution in [3.05, 3.63) is 17.1 Å². The van der Waals surface area contributed by atoms with Gasteiger partial charge in [-0.3, -0.25) is 0 Å². The Bertz CT molecular complexity index is 157. The SMILES string of the molecule is CC=CCC1CCC(N=O)CC1. The highest BCUT2D eigenvalue weighted by molar-refractivity contribution is 4.84. The molecule has 0 spiro atoms. The Morgan fingerprint density at radius 3 is 2.50 bits per heavy atom. The average Bonchev–Trinajstić information content (AvgIpc) is 2.15. The third-order valence-electron chi connectivity index (χ3n) is 2.67. The van der Waals surface area contributed by atoms with Crippen LogP contribution in [0.3, 0.4) is 0 Å². The molecule has 0 N–H and O–H groups in total. The molecule has 2 heteroatoms. The summed E-state index contributed by atoms with van der Waals surface area (Å²) in [6.07, 6.45) is 9.88. The largest absolute Gasteiger partial charge is 0.151 e. The van der Waals surface area contributed by atoms with Gasteiger partial charge in [0.05, 0.1) is 6.04 Å². The van der Waals surface area contributed by atoms with Crippen LogP contribution in [0.2, 0.25) is 0 Å². The van der Waals surface area contributed by atoms with E-state index in [1.165, 1.54) is 19.3 Å². The minimum absolute atomic E-state index is 0.117. The van der Waals surface area contributed by atoms with Crippen LogP contribution in [-0.4, -0.2) is 6.04 Å². The number of nitroso groups, excluding NO2 is 1. The Hall–Kier alpha value is -0.660. The Morgan fingerprint density at radius 1 is 1.33 bits per heavy atom. The first-order chi connectivity index (χ1) is 5.86. The zero-order valence-corrected chi connectivity index (χ0v) is 7.70. The van der Waals surface area contributed by atoms with Gasteiger partial charge in [-0.05, 0) is 44.9 Å². The van der Waals surface area contributed by atoms with Gasteiger partial charge >= 0.3 is 0 Å². The molecule has 0 aromatic heterocycles. The molecular formula is C10H17NO. The van der Waals surface area contributed by atoms with Crippen molar-refractivity contribution in [2.75, 3.05) is 0 Å². The molecule has 0 aromatic carbocycles. The molecule has 0 saturated heterocycles. The van der Waals surface area contributed by atoms with E-state index < -0.39 is 0 Å². The maximum absolute atomic E-state index is 10.2. The monoisotopic (exact) mass is 167 g/mol. The lowest BCUT2D eigenvalue weighted by Gasteiger charge is -2.23. The van der Waals surface area contributed by atoms with E-state index in [0.29, 0.717) is 0 Å². The summed E-state index contributed by atoms with van der Waals surface area (Å²) in [6, 6.07) is 0.117. The van der Waals surface area contributed by atoms with E-state index in [-0.39, 0.29) is 6.04 Å². The van der Waals surface area contributed by atoms with Crippen LogP contribution in [0, 0.1) is 10.8 Å². The molecule has 0 bridgehead atoms. The predicted octanol–water partition coefficient (Wildman–Crippen LogP) is 3.28. The Balaban J connectivity index is 2.21. The Labute approximate surface area is 74.0 Å². The van der Waals surface area contributed by atoms with Crippen LogP contribution in [0.5, 0.6) is 0 Å². The summed E-state index contributed by atoms with van der Waals surface area (Å²) in [4.78, 5) is 10.2. The highest BCUT2D eigenvalue weighted by Gasteiger charge is 2.20. The first-order valence-corrected chi connectivity index (χ1v) is 4.80. The van der Waals surface area contributed by atoms with Gasteiger partial charge in [0.25, 0.3) is 0 Å². The molecule has 1 rings (SSSR count). The van der Waals surface area contributed by atoms with Gasteiger partial charge in [0.2, 0.25) is 0 Å². The second-order valence-corrected chi connectivity index (χ2v) is 3.58. The van der Waals surface area contributed by atoms with E-state index in [4.69, 9.17) is 0 Å².